The number of piperazine rings is 1. The Labute approximate surface area is 168 Å². The van der Waals surface area contributed by atoms with Gasteiger partial charge in [0.25, 0.3) is 0 Å². The Hall–Kier alpha value is -2.43. The van der Waals surface area contributed by atoms with Gasteiger partial charge in [0.05, 0.1) is 6.54 Å². The predicted molar refractivity (Wildman–Crippen MR) is 114 cm³/mol. The highest BCUT2D eigenvalue weighted by molar-refractivity contribution is 5.80. The van der Waals surface area contributed by atoms with E-state index < -0.39 is 0 Å². The number of hydrogen-bond donors (Lipinski definition) is 0. The zero-order chi connectivity index (χ0) is 19.2. The summed E-state index contributed by atoms with van der Waals surface area (Å²) in [5, 5.41) is 0. The summed E-state index contributed by atoms with van der Waals surface area (Å²) in [7, 11) is 0. The number of hydrogen-bond acceptors (Lipinski definition) is 3. The van der Waals surface area contributed by atoms with Crippen molar-refractivity contribution in [3.63, 3.8) is 0 Å². The third kappa shape index (κ3) is 4.89. The second kappa shape index (κ2) is 9.18. The van der Waals surface area contributed by atoms with Crippen molar-refractivity contribution in [3.8, 4) is 0 Å². The Balaban J connectivity index is 1.22. The molecule has 1 fully saturated rings. The standard InChI is InChI=1S/C24H29N3O/c28-24(27-13-11-23(12-14-27)22-9-5-2-6-10-22)20-26-17-15-25(16-18-26)19-21-7-3-1-4-8-21/h1-11H,12-20H2. The van der Waals surface area contributed by atoms with Gasteiger partial charge in [0, 0.05) is 45.8 Å². The van der Waals surface area contributed by atoms with Crippen molar-refractivity contribution in [2.24, 2.45) is 0 Å². The highest BCUT2D eigenvalue weighted by Crippen LogP contribution is 2.22. The third-order valence-electron chi connectivity index (χ3n) is 5.78. The quantitative estimate of drug-likeness (QED) is 0.803. The van der Waals surface area contributed by atoms with Crippen LogP contribution in [0.15, 0.2) is 66.7 Å². The van der Waals surface area contributed by atoms with Crippen LogP contribution in [0.25, 0.3) is 5.57 Å². The van der Waals surface area contributed by atoms with Crippen LogP contribution in [-0.2, 0) is 11.3 Å². The van der Waals surface area contributed by atoms with E-state index in [9.17, 15) is 4.79 Å². The summed E-state index contributed by atoms with van der Waals surface area (Å²) in [5.41, 5.74) is 4.00. The lowest BCUT2D eigenvalue weighted by molar-refractivity contribution is -0.132. The molecule has 0 N–H and O–H groups in total. The minimum atomic E-state index is 0.264. The molecule has 4 rings (SSSR count). The fraction of sp³-hybridized carbons (Fsp3) is 0.375. The summed E-state index contributed by atoms with van der Waals surface area (Å²) in [6.45, 7) is 7.11. The van der Waals surface area contributed by atoms with Crippen molar-refractivity contribution in [2.75, 3.05) is 45.8 Å². The van der Waals surface area contributed by atoms with Crippen molar-refractivity contribution >= 4 is 11.5 Å². The molecule has 2 aliphatic heterocycles. The van der Waals surface area contributed by atoms with Gasteiger partial charge in [-0.15, -0.1) is 0 Å². The second-order valence-corrected chi connectivity index (χ2v) is 7.72. The lowest BCUT2D eigenvalue weighted by Crippen LogP contribution is -2.50. The molecule has 0 unspecified atom stereocenters. The Bertz CT molecular complexity index is 795. The third-order valence-corrected chi connectivity index (χ3v) is 5.78. The molecular weight excluding hydrogens is 346 g/mol. The van der Waals surface area contributed by atoms with Gasteiger partial charge in [-0.25, -0.2) is 0 Å². The zero-order valence-corrected chi connectivity index (χ0v) is 16.5. The molecule has 28 heavy (non-hydrogen) atoms. The Morgan fingerprint density at radius 3 is 2.07 bits per heavy atom. The SMILES string of the molecule is O=C(CN1CCN(Cc2ccccc2)CC1)N1CC=C(c2ccccc2)CC1. The second-order valence-electron chi connectivity index (χ2n) is 7.72. The van der Waals surface area contributed by atoms with E-state index in [1.54, 1.807) is 0 Å². The number of carbonyl (C=O) groups excluding carboxylic acids is 1. The van der Waals surface area contributed by atoms with Gasteiger partial charge in [0.2, 0.25) is 5.91 Å². The van der Waals surface area contributed by atoms with E-state index in [0.717, 1.165) is 52.2 Å². The highest BCUT2D eigenvalue weighted by atomic mass is 16.2. The molecule has 146 valence electrons. The van der Waals surface area contributed by atoms with Crippen molar-refractivity contribution in [1.82, 2.24) is 14.7 Å². The van der Waals surface area contributed by atoms with E-state index in [0.29, 0.717) is 6.54 Å². The van der Waals surface area contributed by atoms with Gasteiger partial charge in [-0.2, -0.15) is 0 Å². The van der Waals surface area contributed by atoms with Crippen molar-refractivity contribution in [2.45, 2.75) is 13.0 Å². The molecule has 1 amide bonds. The van der Waals surface area contributed by atoms with E-state index in [2.05, 4.69) is 70.5 Å². The van der Waals surface area contributed by atoms with E-state index in [1.807, 2.05) is 11.0 Å². The molecular formula is C24H29N3O. The maximum absolute atomic E-state index is 12.7. The molecule has 0 atom stereocenters. The van der Waals surface area contributed by atoms with Gasteiger partial charge in [-0.1, -0.05) is 66.7 Å². The number of amides is 1. The zero-order valence-electron chi connectivity index (χ0n) is 16.5. The molecule has 4 heteroatoms. The molecule has 2 aromatic rings. The van der Waals surface area contributed by atoms with Gasteiger partial charge in [-0.05, 0) is 23.1 Å². The fourth-order valence-electron chi connectivity index (χ4n) is 4.05. The lowest BCUT2D eigenvalue weighted by atomic mass is 9.99. The monoisotopic (exact) mass is 375 g/mol. The van der Waals surface area contributed by atoms with Crippen molar-refractivity contribution < 1.29 is 4.79 Å². The van der Waals surface area contributed by atoms with E-state index in [1.165, 1.54) is 16.7 Å². The maximum Gasteiger partial charge on any atom is 0.237 e. The average Bonchev–Trinajstić information content (AvgIpc) is 2.76. The van der Waals surface area contributed by atoms with Crippen LogP contribution in [0.1, 0.15) is 17.5 Å². The number of nitrogens with zero attached hydrogens (tertiary/aromatic N) is 3. The van der Waals surface area contributed by atoms with Crippen LogP contribution in [0.2, 0.25) is 0 Å². The highest BCUT2D eigenvalue weighted by Gasteiger charge is 2.23. The molecule has 0 saturated carbocycles. The molecule has 0 radical (unpaired) electrons. The van der Waals surface area contributed by atoms with E-state index in [4.69, 9.17) is 0 Å². The normalized spacial score (nSPS) is 18.7. The van der Waals surface area contributed by atoms with E-state index in [-0.39, 0.29) is 5.91 Å². The van der Waals surface area contributed by atoms with Crippen molar-refractivity contribution in [1.29, 1.82) is 0 Å². The first-order chi connectivity index (χ1) is 13.8. The molecule has 0 aliphatic carbocycles. The first kappa shape index (κ1) is 18.9. The van der Waals surface area contributed by atoms with Gasteiger partial charge >= 0.3 is 0 Å². The molecule has 2 aliphatic rings. The van der Waals surface area contributed by atoms with Gasteiger partial charge in [0.1, 0.15) is 0 Å². The molecule has 0 bridgehead atoms. The topological polar surface area (TPSA) is 26.8 Å². The van der Waals surface area contributed by atoms with Crippen LogP contribution in [0, 0.1) is 0 Å². The predicted octanol–water partition coefficient (Wildman–Crippen LogP) is 3.12. The molecule has 4 nitrogen and oxygen atoms in total. The first-order valence-electron chi connectivity index (χ1n) is 10.3. The minimum Gasteiger partial charge on any atom is -0.338 e. The molecule has 0 aromatic heterocycles. The Kier molecular flexibility index (Phi) is 6.20. The number of benzene rings is 2. The van der Waals surface area contributed by atoms with Gasteiger partial charge < -0.3 is 4.90 Å². The lowest BCUT2D eigenvalue weighted by Gasteiger charge is -2.36. The molecule has 2 heterocycles. The van der Waals surface area contributed by atoms with Crippen LogP contribution in [0.5, 0.6) is 0 Å². The summed E-state index contributed by atoms with van der Waals surface area (Å²) in [6.07, 6.45) is 3.16. The Morgan fingerprint density at radius 2 is 1.43 bits per heavy atom. The molecule has 1 saturated heterocycles. The summed E-state index contributed by atoms with van der Waals surface area (Å²) >= 11 is 0. The van der Waals surface area contributed by atoms with Crippen LogP contribution in [0.3, 0.4) is 0 Å². The van der Waals surface area contributed by atoms with Gasteiger partial charge in [0.15, 0.2) is 0 Å². The summed E-state index contributed by atoms with van der Waals surface area (Å²) < 4.78 is 0. The average molecular weight is 376 g/mol. The number of rotatable bonds is 5. The largest absolute Gasteiger partial charge is 0.338 e. The maximum atomic E-state index is 12.7. The van der Waals surface area contributed by atoms with Crippen molar-refractivity contribution in [3.05, 3.63) is 77.9 Å². The van der Waals surface area contributed by atoms with Gasteiger partial charge in [-0.3, -0.25) is 14.6 Å². The first-order valence-corrected chi connectivity index (χ1v) is 10.3. The van der Waals surface area contributed by atoms with Crippen LogP contribution < -0.4 is 0 Å². The summed E-state index contributed by atoms with van der Waals surface area (Å²) in [6, 6.07) is 21.1. The van der Waals surface area contributed by atoms with E-state index >= 15 is 0 Å². The molecule has 0 spiro atoms. The minimum absolute atomic E-state index is 0.264. The Morgan fingerprint density at radius 1 is 0.786 bits per heavy atom. The fourth-order valence-corrected chi connectivity index (χ4v) is 4.05. The van der Waals surface area contributed by atoms with Crippen LogP contribution >= 0.6 is 0 Å². The number of carbonyl (C=O) groups is 1. The van der Waals surface area contributed by atoms with Crippen LogP contribution in [-0.4, -0.2) is 66.4 Å². The summed E-state index contributed by atoms with van der Waals surface area (Å²) in [5.74, 6) is 0.264. The summed E-state index contributed by atoms with van der Waals surface area (Å²) in [4.78, 5) is 19.5. The molecule has 2 aromatic carbocycles. The van der Waals surface area contributed by atoms with Crippen LogP contribution in [0.4, 0.5) is 0 Å². The smallest absolute Gasteiger partial charge is 0.237 e.